The molecule has 1 aliphatic rings. The molecule has 0 spiro atoms. The van der Waals surface area contributed by atoms with Gasteiger partial charge in [0.25, 0.3) is 0 Å². The lowest BCUT2D eigenvalue weighted by Crippen LogP contribution is -2.29. The number of hydrogen-bond acceptors (Lipinski definition) is 4. The van der Waals surface area contributed by atoms with Crippen molar-refractivity contribution in [1.29, 1.82) is 0 Å². The van der Waals surface area contributed by atoms with Crippen LogP contribution in [-0.2, 0) is 10.0 Å². The molecule has 1 unspecified atom stereocenters. The third kappa shape index (κ3) is 4.75. The number of anilines is 1. The summed E-state index contributed by atoms with van der Waals surface area (Å²) in [6.45, 7) is 3.98. The molecule has 1 fully saturated rings. The highest BCUT2D eigenvalue weighted by atomic mass is 35.5. The second-order valence-corrected chi connectivity index (χ2v) is 8.90. The zero-order valence-electron chi connectivity index (χ0n) is 15.6. The first kappa shape index (κ1) is 20.0. The number of ether oxygens (including phenoxy) is 1. The van der Waals surface area contributed by atoms with Gasteiger partial charge in [-0.05, 0) is 62.1 Å². The van der Waals surface area contributed by atoms with E-state index in [1.807, 2.05) is 19.1 Å². The largest absolute Gasteiger partial charge is 0.495 e. The summed E-state index contributed by atoms with van der Waals surface area (Å²) in [5, 5.41) is 0.342. The quantitative estimate of drug-likeness (QED) is 0.770. The van der Waals surface area contributed by atoms with Crippen molar-refractivity contribution >= 4 is 27.3 Å². The van der Waals surface area contributed by atoms with E-state index in [4.69, 9.17) is 16.3 Å². The van der Waals surface area contributed by atoms with E-state index >= 15 is 0 Å². The Bertz CT molecular complexity index is 879. The fourth-order valence-corrected chi connectivity index (χ4v) is 5.01. The van der Waals surface area contributed by atoms with Crippen LogP contribution in [-0.4, -0.2) is 28.6 Å². The molecule has 1 heterocycles. The van der Waals surface area contributed by atoms with E-state index in [1.165, 1.54) is 38.1 Å². The van der Waals surface area contributed by atoms with Crippen LogP contribution in [0.3, 0.4) is 0 Å². The van der Waals surface area contributed by atoms with E-state index in [0.717, 1.165) is 18.7 Å². The number of methoxy groups -OCH3 is 1. The molecule has 2 aromatic carbocycles. The topological polar surface area (TPSA) is 58.6 Å². The van der Waals surface area contributed by atoms with E-state index in [9.17, 15) is 8.42 Å². The van der Waals surface area contributed by atoms with E-state index in [0.29, 0.717) is 5.02 Å². The molecule has 1 N–H and O–H groups in total. The summed E-state index contributed by atoms with van der Waals surface area (Å²) < 4.78 is 33.5. The fraction of sp³-hybridized carbons (Fsp3) is 0.400. The van der Waals surface area contributed by atoms with Gasteiger partial charge in [0.2, 0.25) is 10.0 Å². The Balaban J connectivity index is 1.76. The Kier molecular flexibility index (Phi) is 6.29. The maximum absolute atomic E-state index is 12.8. The third-order valence-electron chi connectivity index (χ3n) is 4.86. The SMILES string of the molecule is COc1ccc(Cl)cc1S(=O)(=O)NC(C)c1ccc(N2CCCCC2)cc1. The Morgan fingerprint density at radius 2 is 1.74 bits per heavy atom. The number of halogens is 1. The molecule has 0 aromatic heterocycles. The van der Waals surface area contributed by atoms with Crippen molar-refractivity contribution in [2.45, 2.75) is 37.1 Å². The highest BCUT2D eigenvalue weighted by Gasteiger charge is 2.23. The Labute approximate surface area is 166 Å². The minimum Gasteiger partial charge on any atom is -0.495 e. The predicted molar refractivity (Wildman–Crippen MR) is 109 cm³/mol. The monoisotopic (exact) mass is 408 g/mol. The molecular weight excluding hydrogens is 384 g/mol. The summed E-state index contributed by atoms with van der Waals surface area (Å²) in [7, 11) is -2.34. The number of benzene rings is 2. The molecule has 146 valence electrons. The van der Waals surface area contributed by atoms with E-state index in [-0.39, 0.29) is 16.7 Å². The Hall–Kier alpha value is -1.76. The van der Waals surface area contributed by atoms with Gasteiger partial charge < -0.3 is 9.64 Å². The van der Waals surface area contributed by atoms with Gasteiger partial charge in [-0.3, -0.25) is 0 Å². The van der Waals surface area contributed by atoms with Gasteiger partial charge in [-0.15, -0.1) is 0 Å². The van der Waals surface area contributed by atoms with Crippen molar-refractivity contribution < 1.29 is 13.2 Å². The Morgan fingerprint density at radius 3 is 2.37 bits per heavy atom. The van der Waals surface area contributed by atoms with Crippen LogP contribution in [0.25, 0.3) is 0 Å². The molecule has 27 heavy (non-hydrogen) atoms. The number of nitrogens with one attached hydrogen (secondary N) is 1. The molecule has 7 heteroatoms. The lowest BCUT2D eigenvalue weighted by atomic mass is 10.1. The first-order valence-corrected chi connectivity index (χ1v) is 11.0. The van der Waals surface area contributed by atoms with Gasteiger partial charge in [0, 0.05) is 29.8 Å². The van der Waals surface area contributed by atoms with Crippen LogP contribution in [0, 0.1) is 0 Å². The summed E-state index contributed by atoms with van der Waals surface area (Å²) in [6, 6.07) is 12.2. The molecule has 0 bridgehead atoms. The standard InChI is InChI=1S/C20H25ClN2O3S/c1-15(16-6-9-18(10-7-16)23-12-4-3-5-13-23)22-27(24,25)20-14-17(21)8-11-19(20)26-2/h6-11,14-15,22H,3-5,12-13H2,1-2H3. The molecule has 1 aliphatic heterocycles. The maximum Gasteiger partial charge on any atom is 0.244 e. The fourth-order valence-electron chi connectivity index (χ4n) is 3.35. The summed E-state index contributed by atoms with van der Waals surface area (Å²) in [5.41, 5.74) is 2.09. The molecule has 3 rings (SSSR count). The molecule has 1 saturated heterocycles. The van der Waals surface area contributed by atoms with Crippen LogP contribution >= 0.6 is 11.6 Å². The summed E-state index contributed by atoms with van der Waals surface area (Å²) in [4.78, 5) is 2.41. The second-order valence-electron chi connectivity index (χ2n) is 6.78. The van der Waals surface area contributed by atoms with Gasteiger partial charge in [-0.2, -0.15) is 0 Å². The molecule has 5 nitrogen and oxygen atoms in total. The minimum atomic E-state index is -3.77. The van der Waals surface area contributed by atoms with Gasteiger partial charge in [0.1, 0.15) is 10.6 Å². The van der Waals surface area contributed by atoms with Crippen LogP contribution in [0.5, 0.6) is 5.75 Å². The maximum atomic E-state index is 12.8. The van der Waals surface area contributed by atoms with Crippen molar-refractivity contribution in [1.82, 2.24) is 4.72 Å². The summed E-state index contributed by atoms with van der Waals surface area (Å²) in [5.74, 6) is 0.263. The van der Waals surface area contributed by atoms with Gasteiger partial charge in [-0.25, -0.2) is 13.1 Å². The highest BCUT2D eigenvalue weighted by Crippen LogP contribution is 2.29. The zero-order valence-corrected chi connectivity index (χ0v) is 17.2. The van der Waals surface area contributed by atoms with E-state index < -0.39 is 10.0 Å². The average Bonchev–Trinajstić information content (AvgIpc) is 2.68. The second kappa shape index (κ2) is 8.50. The van der Waals surface area contributed by atoms with Gasteiger partial charge in [0.05, 0.1) is 7.11 Å². The zero-order chi connectivity index (χ0) is 19.4. The molecule has 0 saturated carbocycles. The lowest BCUT2D eigenvalue weighted by Gasteiger charge is -2.29. The minimum absolute atomic E-state index is 0.0364. The van der Waals surface area contributed by atoms with Crippen LogP contribution < -0.4 is 14.4 Å². The predicted octanol–water partition coefficient (Wildman–Crippen LogP) is 4.38. The van der Waals surface area contributed by atoms with Crippen molar-refractivity contribution in [3.05, 3.63) is 53.1 Å². The van der Waals surface area contributed by atoms with E-state index in [2.05, 4.69) is 21.8 Å². The first-order chi connectivity index (χ1) is 12.9. The lowest BCUT2D eigenvalue weighted by molar-refractivity contribution is 0.402. The number of nitrogens with zero attached hydrogens (tertiary/aromatic N) is 1. The number of rotatable bonds is 6. The van der Waals surface area contributed by atoms with Crippen molar-refractivity contribution in [3.63, 3.8) is 0 Å². The highest BCUT2D eigenvalue weighted by molar-refractivity contribution is 7.89. The molecule has 2 aromatic rings. The van der Waals surface area contributed by atoms with Crippen molar-refractivity contribution in [3.8, 4) is 5.75 Å². The average molecular weight is 409 g/mol. The van der Waals surface area contributed by atoms with Crippen molar-refractivity contribution in [2.75, 3.05) is 25.1 Å². The molecule has 0 aliphatic carbocycles. The van der Waals surface area contributed by atoms with Crippen molar-refractivity contribution in [2.24, 2.45) is 0 Å². The number of hydrogen-bond donors (Lipinski definition) is 1. The smallest absolute Gasteiger partial charge is 0.244 e. The number of piperidine rings is 1. The molecule has 1 atom stereocenters. The van der Waals surface area contributed by atoms with E-state index in [1.54, 1.807) is 12.1 Å². The van der Waals surface area contributed by atoms with Gasteiger partial charge in [0.15, 0.2) is 0 Å². The molecule has 0 amide bonds. The third-order valence-corrected chi connectivity index (χ3v) is 6.66. The van der Waals surface area contributed by atoms with Gasteiger partial charge in [-0.1, -0.05) is 23.7 Å². The number of sulfonamides is 1. The van der Waals surface area contributed by atoms with Crippen LogP contribution in [0.1, 0.15) is 37.8 Å². The first-order valence-electron chi connectivity index (χ1n) is 9.11. The molecule has 0 radical (unpaired) electrons. The van der Waals surface area contributed by atoms with Crippen LogP contribution in [0.2, 0.25) is 5.02 Å². The normalized spacial score (nSPS) is 16.2. The summed E-state index contributed by atoms with van der Waals surface area (Å²) in [6.07, 6.45) is 3.74. The summed E-state index contributed by atoms with van der Waals surface area (Å²) >= 11 is 5.97. The molecular formula is C20H25ClN2O3S. The van der Waals surface area contributed by atoms with Gasteiger partial charge >= 0.3 is 0 Å². The van der Waals surface area contributed by atoms with Crippen LogP contribution in [0.4, 0.5) is 5.69 Å². The Morgan fingerprint density at radius 1 is 1.07 bits per heavy atom. The van der Waals surface area contributed by atoms with Crippen LogP contribution in [0.15, 0.2) is 47.4 Å².